The Labute approximate surface area is 72.4 Å². The summed E-state index contributed by atoms with van der Waals surface area (Å²) in [5, 5.41) is 6.99. The van der Waals surface area contributed by atoms with Crippen LogP contribution in [0.2, 0.25) is 0 Å². The molecule has 1 aromatic rings. The first-order valence-electron chi connectivity index (χ1n) is 4.27. The molecule has 0 amide bonds. The molecule has 0 saturated carbocycles. The molecule has 0 spiro atoms. The molecule has 1 rings (SSSR count). The zero-order valence-corrected chi connectivity index (χ0v) is 7.79. The molecule has 4 heteroatoms. The van der Waals surface area contributed by atoms with Crippen molar-refractivity contribution in [3.63, 3.8) is 0 Å². The Balaban J connectivity index is 2.41. The molecule has 0 aliphatic rings. The van der Waals surface area contributed by atoms with E-state index >= 15 is 0 Å². The Bertz CT molecular complexity index is 232. The molecule has 0 saturated heterocycles. The maximum atomic E-state index is 4.98. The molecule has 0 unspecified atom stereocenters. The Morgan fingerprint density at radius 1 is 1.50 bits per heavy atom. The van der Waals surface area contributed by atoms with E-state index in [2.05, 4.69) is 29.3 Å². The van der Waals surface area contributed by atoms with Crippen molar-refractivity contribution in [3.05, 3.63) is 11.7 Å². The van der Waals surface area contributed by atoms with E-state index in [-0.39, 0.29) is 0 Å². The van der Waals surface area contributed by atoms with E-state index in [1.165, 1.54) is 0 Å². The molecule has 1 N–H and O–H groups in total. The van der Waals surface area contributed by atoms with E-state index in [4.69, 9.17) is 4.52 Å². The van der Waals surface area contributed by atoms with Gasteiger partial charge in [-0.3, -0.25) is 0 Å². The maximum Gasteiger partial charge on any atom is 0.240 e. The fourth-order valence-corrected chi connectivity index (χ4v) is 0.797. The van der Waals surface area contributed by atoms with Crippen LogP contribution in [0.4, 0.5) is 0 Å². The molecule has 0 fully saturated rings. The summed E-state index contributed by atoms with van der Waals surface area (Å²) in [4.78, 5) is 4.16. The van der Waals surface area contributed by atoms with Crippen molar-refractivity contribution in [1.82, 2.24) is 15.5 Å². The van der Waals surface area contributed by atoms with Crippen molar-refractivity contribution in [2.75, 3.05) is 0 Å². The summed E-state index contributed by atoms with van der Waals surface area (Å²) < 4.78 is 4.98. The van der Waals surface area contributed by atoms with Gasteiger partial charge in [-0.2, -0.15) is 4.98 Å². The van der Waals surface area contributed by atoms with E-state index in [0.29, 0.717) is 18.5 Å². The third kappa shape index (κ3) is 2.62. The lowest BCUT2D eigenvalue weighted by Gasteiger charge is -2.02. The van der Waals surface area contributed by atoms with Crippen molar-refractivity contribution < 1.29 is 4.52 Å². The van der Waals surface area contributed by atoms with Crippen LogP contribution >= 0.6 is 0 Å². The van der Waals surface area contributed by atoms with E-state index in [1.807, 2.05) is 6.92 Å². The molecule has 12 heavy (non-hydrogen) atoms. The number of rotatable bonds is 4. The molecule has 0 aliphatic carbocycles. The predicted octanol–water partition coefficient (Wildman–Crippen LogP) is 1.13. The monoisotopic (exact) mass is 169 g/mol. The predicted molar refractivity (Wildman–Crippen MR) is 45.7 cm³/mol. The molecular formula is C8H15N3O. The molecule has 1 heterocycles. The van der Waals surface area contributed by atoms with Crippen molar-refractivity contribution >= 4 is 0 Å². The van der Waals surface area contributed by atoms with Gasteiger partial charge in [-0.05, 0) is 0 Å². The highest BCUT2D eigenvalue weighted by Crippen LogP contribution is 1.97. The second kappa shape index (κ2) is 4.21. The fourth-order valence-electron chi connectivity index (χ4n) is 0.797. The average Bonchev–Trinajstić information content (AvgIpc) is 2.48. The summed E-state index contributed by atoms with van der Waals surface area (Å²) in [5.41, 5.74) is 0. The average molecular weight is 169 g/mol. The first kappa shape index (κ1) is 9.19. The zero-order valence-electron chi connectivity index (χ0n) is 7.79. The summed E-state index contributed by atoms with van der Waals surface area (Å²) in [5.74, 6) is 1.44. The van der Waals surface area contributed by atoms with E-state index in [1.54, 1.807) is 0 Å². The largest absolute Gasteiger partial charge is 0.338 e. The van der Waals surface area contributed by atoms with Gasteiger partial charge in [-0.1, -0.05) is 25.9 Å². The van der Waals surface area contributed by atoms with Crippen LogP contribution in [-0.2, 0) is 13.0 Å². The molecule has 0 aromatic carbocycles. The van der Waals surface area contributed by atoms with Gasteiger partial charge in [0.25, 0.3) is 0 Å². The second-order valence-electron chi connectivity index (χ2n) is 2.99. The van der Waals surface area contributed by atoms with Crippen LogP contribution in [0.15, 0.2) is 4.52 Å². The van der Waals surface area contributed by atoms with Crippen LogP contribution < -0.4 is 5.32 Å². The minimum atomic E-state index is 0.446. The molecule has 0 radical (unpaired) electrons. The van der Waals surface area contributed by atoms with Gasteiger partial charge in [0.2, 0.25) is 5.89 Å². The number of hydrogen-bond acceptors (Lipinski definition) is 4. The number of aryl methyl sites for hydroxylation is 1. The van der Waals surface area contributed by atoms with Gasteiger partial charge in [-0.15, -0.1) is 0 Å². The van der Waals surface area contributed by atoms with Crippen molar-refractivity contribution in [2.45, 2.75) is 39.8 Å². The van der Waals surface area contributed by atoms with Gasteiger partial charge in [0.15, 0.2) is 5.82 Å². The van der Waals surface area contributed by atoms with Crippen LogP contribution in [0, 0.1) is 0 Å². The Morgan fingerprint density at radius 2 is 2.25 bits per heavy atom. The molecule has 0 bridgehead atoms. The van der Waals surface area contributed by atoms with Crippen LogP contribution in [0.1, 0.15) is 32.5 Å². The van der Waals surface area contributed by atoms with Crippen LogP contribution in [0.3, 0.4) is 0 Å². The second-order valence-corrected chi connectivity index (χ2v) is 2.99. The molecule has 68 valence electrons. The molecule has 0 atom stereocenters. The first-order valence-corrected chi connectivity index (χ1v) is 4.27. The highest BCUT2D eigenvalue weighted by Gasteiger charge is 2.03. The minimum Gasteiger partial charge on any atom is -0.338 e. The lowest BCUT2D eigenvalue weighted by atomic mass is 10.4. The Kier molecular flexibility index (Phi) is 3.22. The van der Waals surface area contributed by atoms with Crippen LogP contribution in [0.25, 0.3) is 0 Å². The lowest BCUT2D eigenvalue weighted by Crippen LogP contribution is -2.21. The van der Waals surface area contributed by atoms with Crippen LogP contribution in [-0.4, -0.2) is 16.2 Å². The van der Waals surface area contributed by atoms with Gasteiger partial charge in [0, 0.05) is 12.5 Å². The van der Waals surface area contributed by atoms with Crippen LogP contribution in [0.5, 0.6) is 0 Å². The topological polar surface area (TPSA) is 51.0 Å². The van der Waals surface area contributed by atoms with Gasteiger partial charge in [-0.25, -0.2) is 0 Å². The molecule has 1 aromatic heterocycles. The standard InChI is InChI=1S/C8H15N3O/c1-4-7-10-8(12-11-7)5-9-6(2)3/h6,9H,4-5H2,1-3H3. The van der Waals surface area contributed by atoms with E-state index < -0.39 is 0 Å². The van der Waals surface area contributed by atoms with E-state index in [9.17, 15) is 0 Å². The van der Waals surface area contributed by atoms with Gasteiger partial charge < -0.3 is 9.84 Å². The molecule has 0 aliphatic heterocycles. The number of aromatic nitrogens is 2. The van der Waals surface area contributed by atoms with Gasteiger partial charge in [0.05, 0.1) is 6.54 Å². The van der Waals surface area contributed by atoms with Crippen molar-refractivity contribution in [1.29, 1.82) is 0 Å². The summed E-state index contributed by atoms with van der Waals surface area (Å²) in [6.07, 6.45) is 0.825. The van der Waals surface area contributed by atoms with E-state index in [0.717, 1.165) is 12.2 Å². The summed E-state index contributed by atoms with van der Waals surface area (Å²) >= 11 is 0. The van der Waals surface area contributed by atoms with Crippen molar-refractivity contribution in [3.8, 4) is 0 Å². The fraction of sp³-hybridized carbons (Fsp3) is 0.750. The molecule has 4 nitrogen and oxygen atoms in total. The lowest BCUT2D eigenvalue weighted by molar-refractivity contribution is 0.358. The summed E-state index contributed by atoms with van der Waals surface area (Å²) in [7, 11) is 0. The smallest absolute Gasteiger partial charge is 0.240 e. The third-order valence-electron chi connectivity index (χ3n) is 1.49. The third-order valence-corrected chi connectivity index (χ3v) is 1.49. The number of nitrogens with zero attached hydrogens (tertiary/aromatic N) is 2. The quantitative estimate of drug-likeness (QED) is 0.734. The summed E-state index contributed by atoms with van der Waals surface area (Å²) in [6, 6.07) is 0.446. The van der Waals surface area contributed by atoms with Gasteiger partial charge >= 0.3 is 0 Å². The zero-order chi connectivity index (χ0) is 8.97. The SMILES string of the molecule is CCc1noc(CNC(C)C)n1. The Hall–Kier alpha value is -0.900. The molecular weight excluding hydrogens is 154 g/mol. The Morgan fingerprint density at radius 3 is 2.75 bits per heavy atom. The normalized spacial score (nSPS) is 11.0. The number of nitrogens with one attached hydrogen (secondary N) is 1. The highest BCUT2D eigenvalue weighted by atomic mass is 16.5. The highest BCUT2D eigenvalue weighted by molar-refractivity contribution is 4.85. The first-order chi connectivity index (χ1) is 5.72. The van der Waals surface area contributed by atoms with Gasteiger partial charge in [0.1, 0.15) is 0 Å². The number of hydrogen-bond donors (Lipinski definition) is 1. The summed E-state index contributed by atoms with van der Waals surface area (Å²) in [6.45, 7) is 6.82. The maximum absolute atomic E-state index is 4.98. The minimum absolute atomic E-state index is 0.446. The van der Waals surface area contributed by atoms with Crippen molar-refractivity contribution in [2.24, 2.45) is 0 Å².